The second kappa shape index (κ2) is 7.69. The van der Waals surface area contributed by atoms with Gasteiger partial charge in [0.2, 0.25) is 5.91 Å². The number of rotatable bonds is 6. The maximum atomic E-state index is 12.3. The molecule has 1 aromatic carbocycles. The minimum Gasteiger partial charge on any atom is -0.490 e. The predicted octanol–water partition coefficient (Wildman–Crippen LogP) is 3.13. The van der Waals surface area contributed by atoms with Crippen molar-refractivity contribution in [2.45, 2.75) is 57.6 Å². The van der Waals surface area contributed by atoms with Gasteiger partial charge in [0.1, 0.15) is 5.75 Å². The SMILES string of the molecule is O=C(O)[C@@H]1CC[C@H](C(=O)NCc2ccccc2OC2CCCC2)C1. The number of carbonyl (C=O) groups is 2. The van der Waals surface area contributed by atoms with Crippen LogP contribution in [0.3, 0.4) is 0 Å². The van der Waals surface area contributed by atoms with Crippen molar-refractivity contribution in [2.75, 3.05) is 0 Å². The summed E-state index contributed by atoms with van der Waals surface area (Å²) in [6.07, 6.45) is 6.61. The quantitative estimate of drug-likeness (QED) is 0.840. The maximum absolute atomic E-state index is 12.3. The van der Waals surface area contributed by atoms with Crippen molar-refractivity contribution in [2.24, 2.45) is 11.8 Å². The summed E-state index contributed by atoms with van der Waals surface area (Å²) < 4.78 is 6.08. The molecule has 0 heterocycles. The van der Waals surface area contributed by atoms with Crippen LogP contribution >= 0.6 is 0 Å². The molecule has 0 aromatic heterocycles. The fourth-order valence-electron chi connectivity index (χ4n) is 3.72. The van der Waals surface area contributed by atoms with Crippen LogP contribution in [-0.2, 0) is 16.1 Å². The van der Waals surface area contributed by atoms with E-state index in [0.717, 1.165) is 24.2 Å². The fourth-order valence-corrected chi connectivity index (χ4v) is 3.72. The topological polar surface area (TPSA) is 75.6 Å². The number of carbonyl (C=O) groups excluding carboxylic acids is 1. The van der Waals surface area contributed by atoms with Gasteiger partial charge in [-0.05, 0) is 51.0 Å². The second-order valence-electron chi connectivity index (χ2n) is 6.89. The van der Waals surface area contributed by atoms with Gasteiger partial charge in [-0.1, -0.05) is 18.2 Å². The van der Waals surface area contributed by atoms with Gasteiger partial charge >= 0.3 is 5.97 Å². The van der Waals surface area contributed by atoms with Gasteiger partial charge in [-0.2, -0.15) is 0 Å². The van der Waals surface area contributed by atoms with Crippen LogP contribution in [0.25, 0.3) is 0 Å². The normalized spacial score (nSPS) is 24.0. The lowest BCUT2D eigenvalue weighted by atomic mass is 10.0. The van der Waals surface area contributed by atoms with Gasteiger partial charge in [-0.3, -0.25) is 9.59 Å². The molecule has 0 unspecified atom stereocenters. The van der Waals surface area contributed by atoms with E-state index in [1.165, 1.54) is 12.8 Å². The third-order valence-electron chi connectivity index (χ3n) is 5.17. The molecule has 1 amide bonds. The first-order valence-electron chi connectivity index (χ1n) is 8.88. The number of nitrogens with one attached hydrogen (secondary N) is 1. The van der Waals surface area contributed by atoms with E-state index in [1.54, 1.807) is 0 Å². The lowest BCUT2D eigenvalue weighted by Gasteiger charge is -2.17. The molecule has 5 nitrogen and oxygen atoms in total. The number of aliphatic carboxylic acids is 1. The van der Waals surface area contributed by atoms with Gasteiger partial charge < -0.3 is 15.2 Å². The monoisotopic (exact) mass is 331 g/mol. The minimum absolute atomic E-state index is 0.0468. The van der Waals surface area contributed by atoms with E-state index in [2.05, 4.69) is 5.32 Å². The lowest BCUT2D eigenvalue weighted by molar-refractivity contribution is -0.141. The molecule has 0 radical (unpaired) electrons. The standard InChI is InChI=1S/C19H25NO4/c21-18(13-9-10-14(11-13)19(22)23)20-12-15-5-1-4-8-17(15)24-16-6-2-3-7-16/h1,4-5,8,13-14,16H,2-3,6-7,9-12H2,(H,20,21)(H,22,23)/t13-,14+/m0/s1. The van der Waals surface area contributed by atoms with Crippen molar-refractivity contribution in [3.8, 4) is 5.75 Å². The van der Waals surface area contributed by atoms with E-state index < -0.39 is 5.97 Å². The average molecular weight is 331 g/mol. The van der Waals surface area contributed by atoms with Gasteiger partial charge in [0.05, 0.1) is 12.0 Å². The summed E-state index contributed by atoms with van der Waals surface area (Å²) in [5.41, 5.74) is 0.977. The fraction of sp³-hybridized carbons (Fsp3) is 0.579. The molecule has 2 aliphatic carbocycles. The van der Waals surface area contributed by atoms with Crippen LogP contribution in [0.2, 0.25) is 0 Å². The van der Waals surface area contributed by atoms with Crippen LogP contribution < -0.4 is 10.1 Å². The molecule has 0 spiro atoms. The minimum atomic E-state index is -0.791. The molecule has 2 saturated carbocycles. The highest BCUT2D eigenvalue weighted by molar-refractivity contribution is 5.80. The van der Waals surface area contributed by atoms with Crippen molar-refractivity contribution in [1.82, 2.24) is 5.32 Å². The zero-order valence-electron chi connectivity index (χ0n) is 13.9. The maximum Gasteiger partial charge on any atom is 0.306 e. The number of hydrogen-bond donors (Lipinski definition) is 2. The zero-order valence-corrected chi connectivity index (χ0v) is 13.9. The summed E-state index contributed by atoms with van der Waals surface area (Å²) in [4.78, 5) is 23.3. The van der Waals surface area contributed by atoms with Crippen LogP contribution in [-0.4, -0.2) is 23.1 Å². The molecule has 130 valence electrons. The number of amides is 1. The second-order valence-corrected chi connectivity index (χ2v) is 6.89. The summed E-state index contributed by atoms with van der Waals surface area (Å²) in [5.74, 6) is -0.553. The zero-order chi connectivity index (χ0) is 16.9. The number of hydrogen-bond acceptors (Lipinski definition) is 3. The Bertz CT molecular complexity index is 595. The van der Waals surface area contributed by atoms with E-state index in [-0.39, 0.29) is 23.8 Å². The number of para-hydroxylation sites is 1. The summed E-state index contributed by atoms with van der Waals surface area (Å²) in [6.45, 7) is 0.427. The van der Waals surface area contributed by atoms with Crippen molar-refractivity contribution < 1.29 is 19.4 Å². The van der Waals surface area contributed by atoms with Crippen LogP contribution in [0, 0.1) is 11.8 Å². The Morgan fingerprint density at radius 1 is 1.08 bits per heavy atom. The van der Waals surface area contributed by atoms with Crippen LogP contribution in [0.5, 0.6) is 5.75 Å². The first-order valence-corrected chi connectivity index (χ1v) is 8.88. The van der Waals surface area contributed by atoms with E-state index in [4.69, 9.17) is 9.84 Å². The molecule has 2 N–H and O–H groups in total. The molecular formula is C19H25NO4. The molecule has 0 saturated heterocycles. The molecule has 1 aromatic rings. The molecule has 2 atom stereocenters. The lowest BCUT2D eigenvalue weighted by Crippen LogP contribution is -2.29. The number of carboxylic acid groups (broad SMARTS) is 1. The number of ether oxygens (including phenoxy) is 1. The molecular weight excluding hydrogens is 306 g/mol. The molecule has 3 rings (SSSR count). The van der Waals surface area contributed by atoms with Gasteiger partial charge in [0.25, 0.3) is 0 Å². The summed E-state index contributed by atoms with van der Waals surface area (Å²) in [5, 5.41) is 12.0. The molecule has 2 fully saturated rings. The predicted molar refractivity (Wildman–Crippen MR) is 89.6 cm³/mol. The highest BCUT2D eigenvalue weighted by Gasteiger charge is 2.33. The van der Waals surface area contributed by atoms with E-state index in [9.17, 15) is 9.59 Å². The first kappa shape index (κ1) is 16.8. The van der Waals surface area contributed by atoms with Gasteiger partial charge in [-0.15, -0.1) is 0 Å². The van der Waals surface area contributed by atoms with E-state index >= 15 is 0 Å². The van der Waals surface area contributed by atoms with Crippen molar-refractivity contribution in [3.63, 3.8) is 0 Å². The highest BCUT2D eigenvalue weighted by atomic mass is 16.5. The molecule has 0 aliphatic heterocycles. The van der Waals surface area contributed by atoms with Gasteiger partial charge in [-0.25, -0.2) is 0 Å². The summed E-state index contributed by atoms with van der Waals surface area (Å²) >= 11 is 0. The third kappa shape index (κ3) is 4.08. The van der Waals surface area contributed by atoms with Crippen LogP contribution in [0.4, 0.5) is 0 Å². The molecule has 0 bridgehead atoms. The van der Waals surface area contributed by atoms with Crippen LogP contribution in [0.1, 0.15) is 50.5 Å². The molecule has 5 heteroatoms. The van der Waals surface area contributed by atoms with E-state index in [1.807, 2.05) is 24.3 Å². The Morgan fingerprint density at radius 2 is 1.79 bits per heavy atom. The van der Waals surface area contributed by atoms with Gasteiger partial charge in [0, 0.05) is 18.0 Å². The third-order valence-corrected chi connectivity index (χ3v) is 5.17. The van der Waals surface area contributed by atoms with Crippen LogP contribution in [0.15, 0.2) is 24.3 Å². The first-order chi connectivity index (χ1) is 11.6. The summed E-state index contributed by atoms with van der Waals surface area (Å²) in [6, 6.07) is 7.82. The average Bonchev–Trinajstić information content (AvgIpc) is 3.25. The van der Waals surface area contributed by atoms with E-state index in [0.29, 0.717) is 25.8 Å². The number of benzene rings is 1. The Hall–Kier alpha value is -2.04. The van der Waals surface area contributed by atoms with Crippen molar-refractivity contribution >= 4 is 11.9 Å². The molecule has 2 aliphatic rings. The van der Waals surface area contributed by atoms with Crippen molar-refractivity contribution in [1.29, 1.82) is 0 Å². The Kier molecular flexibility index (Phi) is 5.38. The smallest absolute Gasteiger partial charge is 0.306 e. The highest BCUT2D eigenvalue weighted by Crippen LogP contribution is 2.31. The largest absolute Gasteiger partial charge is 0.490 e. The number of carboxylic acids is 1. The Labute approximate surface area is 142 Å². The Morgan fingerprint density at radius 3 is 2.50 bits per heavy atom. The summed E-state index contributed by atoms with van der Waals surface area (Å²) in [7, 11) is 0. The van der Waals surface area contributed by atoms with Gasteiger partial charge in [0.15, 0.2) is 0 Å². The van der Waals surface area contributed by atoms with Crippen molar-refractivity contribution in [3.05, 3.63) is 29.8 Å². The molecule has 24 heavy (non-hydrogen) atoms. The Balaban J connectivity index is 1.54.